The molecule has 0 unspecified atom stereocenters. The average Bonchev–Trinajstić information content (AvgIpc) is 2.25. The molecule has 6 heteroatoms. The molecule has 0 atom stereocenters. The Morgan fingerprint density at radius 1 is 1.16 bits per heavy atom. The highest BCUT2D eigenvalue weighted by Crippen LogP contribution is 2.08. The van der Waals surface area contributed by atoms with Crippen molar-refractivity contribution in [3.63, 3.8) is 0 Å². The molecule has 0 saturated carbocycles. The molecular weight excluding hydrogens is 266 g/mol. The molecule has 0 bridgehead atoms. The first-order valence-electron chi connectivity index (χ1n) is 6.00. The van der Waals surface area contributed by atoms with Crippen LogP contribution in [0.25, 0.3) is 0 Å². The van der Waals surface area contributed by atoms with Crippen LogP contribution < -0.4 is 0 Å². The SMILES string of the molecule is C[N+](C)(C)CCCO.Cc1ccc(S(=O)(=O)[O-])cc1. The van der Waals surface area contributed by atoms with Crippen LogP contribution >= 0.6 is 0 Å². The molecule has 0 fully saturated rings. The predicted molar refractivity (Wildman–Crippen MR) is 73.7 cm³/mol. The summed E-state index contributed by atoms with van der Waals surface area (Å²) in [6.07, 6.45) is 0.906. The van der Waals surface area contributed by atoms with E-state index in [-0.39, 0.29) is 4.90 Å². The Balaban J connectivity index is 0.000000362. The Morgan fingerprint density at radius 2 is 1.63 bits per heavy atom. The highest BCUT2D eigenvalue weighted by molar-refractivity contribution is 7.85. The first-order chi connectivity index (χ1) is 8.56. The Kier molecular flexibility index (Phi) is 7.21. The van der Waals surface area contributed by atoms with Crippen LogP contribution in [0, 0.1) is 6.92 Å². The zero-order valence-electron chi connectivity index (χ0n) is 12.0. The van der Waals surface area contributed by atoms with Gasteiger partial charge in [-0.25, -0.2) is 8.42 Å². The molecular formula is C13H23NO4S. The van der Waals surface area contributed by atoms with E-state index in [0.717, 1.165) is 23.0 Å². The maximum Gasteiger partial charge on any atom is 0.124 e. The number of hydrogen-bond acceptors (Lipinski definition) is 4. The standard InChI is InChI=1S/C7H8O3S.C6H16NO/c1-6-2-4-7(5-3-6)11(8,9)10;1-7(2,3)5-4-6-8/h2-5H,1H3,(H,8,9,10);8H,4-6H2,1-3H3/q;+1/p-1. The molecule has 19 heavy (non-hydrogen) atoms. The van der Waals surface area contributed by atoms with Gasteiger partial charge in [-0.3, -0.25) is 0 Å². The lowest BCUT2D eigenvalue weighted by molar-refractivity contribution is -0.870. The van der Waals surface area contributed by atoms with E-state index in [1.807, 2.05) is 6.92 Å². The maximum absolute atomic E-state index is 10.4. The van der Waals surface area contributed by atoms with Gasteiger partial charge in [0.05, 0.1) is 32.6 Å². The van der Waals surface area contributed by atoms with Gasteiger partial charge in [0.2, 0.25) is 0 Å². The second-order valence-electron chi connectivity index (χ2n) is 5.36. The maximum atomic E-state index is 10.4. The highest BCUT2D eigenvalue weighted by Gasteiger charge is 2.03. The number of benzene rings is 1. The lowest BCUT2D eigenvalue weighted by atomic mass is 10.2. The van der Waals surface area contributed by atoms with Gasteiger partial charge in [0.25, 0.3) is 0 Å². The molecule has 5 nitrogen and oxygen atoms in total. The van der Waals surface area contributed by atoms with E-state index in [4.69, 9.17) is 5.11 Å². The summed E-state index contributed by atoms with van der Waals surface area (Å²) in [5, 5.41) is 8.42. The quantitative estimate of drug-likeness (QED) is 0.662. The van der Waals surface area contributed by atoms with Gasteiger partial charge in [-0.15, -0.1) is 0 Å². The number of aliphatic hydroxyl groups is 1. The van der Waals surface area contributed by atoms with Crippen LogP contribution in [0.3, 0.4) is 0 Å². The van der Waals surface area contributed by atoms with E-state index >= 15 is 0 Å². The second kappa shape index (κ2) is 7.59. The largest absolute Gasteiger partial charge is 0.744 e. The third kappa shape index (κ3) is 9.61. The fourth-order valence-electron chi connectivity index (χ4n) is 1.25. The van der Waals surface area contributed by atoms with Crippen LogP contribution in [-0.2, 0) is 10.1 Å². The fourth-order valence-corrected chi connectivity index (χ4v) is 1.72. The molecule has 0 aromatic heterocycles. The van der Waals surface area contributed by atoms with Gasteiger partial charge >= 0.3 is 0 Å². The van der Waals surface area contributed by atoms with Crippen molar-refractivity contribution in [2.45, 2.75) is 18.2 Å². The Labute approximate surface area is 115 Å². The lowest BCUT2D eigenvalue weighted by Crippen LogP contribution is -2.35. The third-order valence-corrected chi connectivity index (χ3v) is 3.15. The van der Waals surface area contributed by atoms with Gasteiger partial charge in [0.15, 0.2) is 0 Å². The Hall–Kier alpha value is -0.950. The number of aryl methyl sites for hydroxylation is 1. The van der Waals surface area contributed by atoms with Crippen molar-refractivity contribution < 1.29 is 22.6 Å². The summed E-state index contributed by atoms with van der Waals surface area (Å²) >= 11 is 0. The van der Waals surface area contributed by atoms with Gasteiger partial charge in [-0.05, 0) is 19.1 Å². The first kappa shape index (κ1) is 18.0. The minimum Gasteiger partial charge on any atom is -0.744 e. The summed E-state index contributed by atoms with van der Waals surface area (Å²) in [5.74, 6) is 0. The molecule has 0 aliphatic rings. The normalized spacial score (nSPS) is 11.7. The van der Waals surface area contributed by atoms with Crippen molar-refractivity contribution in [1.29, 1.82) is 0 Å². The van der Waals surface area contributed by atoms with Crippen LogP contribution in [0.5, 0.6) is 0 Å². The minimum atomic E-state index is -4.27. The Bertz CT molecular complexity index is 460. The number of nitrogens with zero attached hydrogens (tertiary/aromatic N) is 1. The molecule has 0 amide bonds. The fraction of sp³-hybridized carbons (Fsp3) is 0.538. The van der Waals surface area contributed by atoms with E-state index in [1.165, 1.54) is 12.1 Å². The predicted octanol–water partition coefficient (Wildman–Crippen LogP) is 0.974. The Morgan fingerprint density at radius 3 is 1.89 bits per heavy atom. The highest BCUT2D eigenvalue weighted by atomic mass is 32.2. The van der Waals surface area contributed by atoms with E-state index in [0.29, 0.717) is 6.61 Å². The van der Waals surface area contributed by atoms with Crippen LogP contribution in [0.2, 0.25) is 0 Å². The lowest BCUT2D eigenvalue weighted by Gasteiger charge is -2.22. The summed E-state index contributed by atoms with van der Waals surface area (Å²) in [6.45, 7) is 3.19. The molecule has 1 aromatic carbocycles. The summed E-state index contributed by atoms with van der Waals surface area (Å²) in [4.78, 5) is -0.178. The van der Waals surface area contributed by atoms with Crippen molar-refractivity contribution in [2.75, 3.05) is 34.3 Å². The molecule has 110 valence electrons. The van der Waals surface area contributed by atoms with E-state index in [1.54, 1.807) is 12.1 Å². The van der Waals surface area contributed by atoms with Gasteiger partial charge in [-0.1, -0.05) is 17.7 Å². The van der Waals surface area contributed by atoms with Gasteiger partial charge in [-0.2, -0.15) is 0 Å². The number of hydrogen-bond donors (Lipinski definition) is 1. The minimum absolute atomic E-state index is 0.178. The zero-order valence-corrected chi connectivity index (χ0v) is 12.8. The number of aliphatic hydroxyl groups excluding tert-OH is 1. The molecule has 0 saturated heterocycles. The molecule has 0 aliphatic carbocycles. The number of quaternary nitrogens is 1. The van der Waals surface area contributed by atoms with E-state index < -0.39 is 10.1 Å². The topological polar surface area (TPSA) is 77.4 Å². The molecule has 0 aliphatic heterocycles. The molecule has 1 rings (SSSR count). The molecule has 0 spiro atoms. The van der Waals surface area contributed by atoms with Gasteiger partial charge in [0.1, 0.15) is 10.1 Å². The van der Waals surface area contributed by atoms with Crippen molar-refractivity contribution >= 4 is 10.1 Å². The van der Waals surface area contributed by atoms with Gasteiger partial charge in [0, 0.05) is 13.0 Å². The summed E-state index contributed by atoms with van der Waals surface area (Å²) in [7, 11) is 2.09. The summed E-state index contributed by atoms with van der Waals surface area (Å²) in [6, 6.07) is 5.78. The zero-order chi connectivity index (χ0) is 15.1. The van der Waals surface area contributed by atoms with E-state index in [2.05, 4.69) is 21.1 Å². The monoisotopic (exact) mass is 289 g/mol. The van der Waals surface area contributed by atoms with Crippen molar-refractivity contribution in [2.24, 2.45) is 0 Å². The molecule has 1 N–H and O–H groups in total. The summed E-state index contributed by atoms with van der Waals surface area (Å²) < 4.78 is 32.1. The van der Waals surface area contributed by atoms with Crippen molar-refractivity contribution in [1.82, 2.24) is 0 Å². The van der Waals surface area contributed by atoms with Crippen LogP contribution in [0.4, 0.5) is 0 Å². The first-order valence-corrected chi connectivity index (χ1v) is 7.41. The van der Waals surface area contributed by atoms with Gasteiger partial charge < -0.3 is 14.1 Å². The van der Waals surface area contributed by atoms with E-state index in [9.17, 15) is 13.0 Å². The molecule has 0 heterocycles. The van der Waals surface area contributed by atoms with Crippen molar-refractivity contribution in [3.05, 3.63) is 29.8 Å². The second-order valence-corrected chi connectivity index (χ2v) is 6.74. The van der Waals surface area contributed by atoms with Crippen LogP contribution in [0.1, 0.15) is 12.0 Å². The molecule has 1 aromatic rings. The molecule has 0 radical (unpaired) electrons. The third-order valence-electron chi connectivity index (χ3n) is 2.30. The average molecular weight is 289 g/mol. The van der Waals surface area contributed by atoms with Crippen molar-refractivity contribution in [3.8, 4) is 0 Å². The summed E-state index contributed by atoms with van der Waals surface area (Å²) in [5.41, 5.74) is 0.928. The van der Waals surface area contributed by atoms with Crippen LogP contribution in [-0.4, -0.2) is 56.9 Å². The van der Waals surface area contributed by atoms with Crippen LogP contribution in [0.15, 0.2) is 29.2 Å². The smallest absolute Gasteiger partial charge is 0.124 e. The number of rotatable bonds is 4.